The monoisotopic (exact) mass is 459 g/mol. The number of aliphatic hydroxyl groups is 1. The van der Waals surface area contributed by atoms with Crippen molar-refractivity contribution < 1.29 is 19.5 Å². The molecular weight excluding hydrogens is 418 g/mol. The van der Waals surface area contributed by atoms with Crippen molar-refractivity contribution in [3.05, 3.63) is 0 Å². The molecule has 5 fully saturated rings. The van der Waals surface area contributed by atoms with Gasteiger partial charge in [0.2, 0.25) is 17.7 Å². The van der Waals surface area contributed by atoms with E-state index in [-0.39, 0.29) is 23.6 Å². The molecule has 4 unspecified atom stereocenters. The Kier molecular flexibility index (Phi) is 7.07. The third-order valence-electron chi connectivity index (χ3n) is 9.73. The summed E-state index contributed by atoms with van der Waals surface area (Å²) in [5, 5.41) is 12.5. The zero-order valence-corrected chi connectivity index (χ0v) is 19.9. The normalized spacial score (nSPS) is 36.0. The second-order valence-corrected chi connectivity index (χ2v) is 11.4. The van der Waals surface area contributed by atoms with E-state index in [9.17, 15) is 19.5 Å². The summed E-state index contributed by atoms with van der Waals surface area (Å²) in [4.78, 5) is 41.3. The van der Waals surface area contributed by atoms with Gasteiger partial charge in [-0.1, -0.05) is 19.3 Å². The number of rotatable bonds is 5. The van der Waals surface area contributed by atoms with E-state index in [1.165, 1.54) is 44.9 Å². The molecule has 0 aromatic rings. The third kappa shape index (κ3) is 4.72. The number of carbonyl (C=O) groups is 3. The van der Waals surface area contributed by atoms with E-state index in [0.29, 0.717) is 55.7 Å². The van der Waals surface area contributed by atoms with Gasteiger partial charge in [-0.2, -0.15) is 0 Å². The van der Waals surface area contributed by atoms with Crippen molar-refractivity contribution >= 4 is 17.7 Å². The molecule has 7 heteroatoms. The maximum absolute atomic E-state index is 13.1. The Morgan fingerprint density at radius 2 is 1.64 bits per heavy atom. The number of imide groups is 1. The Bertz CT molecular complexity index is 744. The zero-order valence-electron chi connectivity index (χ0n) is 19.9. The lowest BCUT2D eigenvalue weighted by Gasteiger charge is -2.44. The first kappa shape index (κ1) is 23.3. The molecule has 3 heterocycles. The Hall–Kier alpha value is -1.47. The highest BCUT2D eigenvalue weighted by Gasteiger charge is 2.49. The van der Waals surface area contributed by atoms with Crippen molar-refractivity contribution in [3.63, 3.8) is 0 Å². The summed E-state index contributed by atoms with van der Waals surface area (Å²) in [5.74, 6) is 2.10. The quantitative estimate of drug-likeness (QED) is 0.616. The lowest BCUT2D eigenvalue weighted by Crippen LogP contribution is -2.53. The SMILES string of the molecule is O=C1CCC(N2CC3CC(C4CCN([C@@H](CO)C5CCCCC5)CC4)CCC3C2=O)C(=O)N1. The maximum Gasteiger partial charge on any atom is 0.249 e. The van der Waals surface area contributed by atoms with E-state index in [4.69, 9.17) is 0 Å². The fourth-order valence-electron chi connectivity index (χ4n) is 7.88. The molecule has 2 aliphatic carbocycles. The number of nitrogens with zero attached hydrogens (tertiary/aromatic N) is 2. The van der Waals surface area contributed by atoms with Crippen LogP contribution in [0.3, 0.4) is 0 Å². The Labute approximate surface area is 197 Å². The highest BCUT2D eigenvalue weighted by Crippen LogP contribution is 2.45. The number of likely N-dealkylation sites (tertiary alicyclic amines) is 2. The predicted octanol–water partition coefficient (Wildman–Crippen LogP) is 2.32. The van der Waals surface area contributed by atoms with Crippen molar-refractivity contribution in [2.75, 3.05) is 26.2 Å². The minimum absolute atomic E-state index is 0.0665. The molecule has 3 aliphatic heterocycles. The number of amides is 3. The van der Waals surface area contributed by atoms with Gasteiger partial charge in [-0.25, -0.2) is 0 Å². The van der Waals surface area contributed by atoms with Crippen molar-refractivity contribution in [1.82, 2.24) is 15.1 Å². The van der Waals surface area contributed by atoms with Crippen LogP contribution in [-0.4, -0.2) is 71.0 Å². The lowest BCUT2D eigenvalue weighted by molar-refractivity contribution is -0.144. The summed E-state index contributed by atoms with van der Waals surface area (Å²) in [6.07, 6.45) is 12.9. The molecule has 0 spiro atoms. The topological polar surface area (TPSA) is 90.0 Å². The average molecular weight is 460 g/mol. The molecule has 0 bridgehead atoms. The number of piperidine rings is 2. The van der Waals surface area contributed by atoms with E-state index in [2.05, 4.69) is 10.2 Å². The minimum atomic E-state index is -0.460. The molecule has 3 amide bonds. The fraction of sp³-hybridized carbons (Fsp3) is 0.885. The van der Waals surface area contributed by atoms with Crippen LogP contribution >= 0.6 is 0 Å². The summed E-state index contributed by atoms with van der Waals surface area (Å²) in [6.45, 7) is 3.16. The molecule has 7 nitrogen and oxygen atoms in total. The molecule has 33 heavy (non-hydrogen) atoms. The van der Waals surface area contributed by atoms with E-state index < -0.39 is 6.04 Å². The van der Waals surface area contributed by atoms with E-state index in [1.54, 1.807) is 4.90 Å². The van der Waals surface area contributed by atoms with Crippen LogP contribution in [-0.2, 0) is 14.4 Å². The lowest BCUT2D eigenvalue weighted by atomic mass is 9.68. The highest BCUT2D eigenvalue weighted by atomic mass is 16.3. The van der Waals surface area contributed by atoms with Crippen LogP contribution in [0.15, 0.2) is 0 Å². The van der Waals surface area contributed by atoms with Crippen LogP contribution < -0.4 is 5.32 Å². The average Bonchev–Trinajstić information content (AvgIpc) is 3.16. The molecule has 2 saturated carbocycles. The summed E-state index contributed by atoms with van der Waals surface area (Å²) >= 11 is 0. The smallest absolute Gasteiger partial charge is 0.249 e. The van der Waals surface area contributed by atoms with Crippen molar-refractivity contribution in [1.29, 1.82) is 0 Å². The van der Waals surface area contributed by atoms with Crippen molar-refractivity contribution in [3.8, 4) is 0 Å². The molecule has 3 saturated heterocycles. The Balaban J connectivity index is 1.14. The van der Waals surface area contributed by atoms with Crippen LogP contribution in [0.1, 0.15) is 77.0 Å². The number of carbonyl (C=O) groups excluding carboxylic acids is 3. The molecule has 5 aliphatic rings. The molecule has 0 aromatic heterocycles. The first-order valence-corrected chi connectivity index (χ1v) is 13.5. The summed E-state index contributed by atoms with van der Waals surface area (Å²) in [7, 11) is 0. The van der Waals surface area contributed by atoms with Crippen LogP contribution in [0.4, 0.5) is 0 Å². The van der Waals surface area contributed by atoms with Gasteiger partial charge in [0, 0.05) is 24.9 Å². The van der Waals surface area contributed by atoms with Gasteiger partial charge in [0.1, 0.15) is 6.04 Å². The molecule has 0 aromatic carbocycles. The summed E-state index contributed by atoms with van der Waals surface area (Å²) in [6, 6.07) is -0.116. The summed E-state index contributed by atoms with van der Waals surface area (Å²) < 4.78 is 0. The second-order valence-electron chi connectivity index (χ2n) is 11.4. The van der Waals surface area contributed by atoms with Crippen LogP contribution in [0.2, 0.25) is 0 Å². The van der Waals surface area contributed by atoms with Crippen molar-refractivity contribution in [2.45, 2.75) is 89.1 Å². The van der Waals surface area contributed by atoms with Gasteiger partial charge in [-0.3, -0.25) is 24.6 Å². The van der Waals surface area contributed by atoms with Gasteiger partial charge in [-0.15, -0.1) is 0 Å². The Morgan fingerprint density at radius 3 is 2.33 bits per heavy atom. The highest BCUT2D eigenvalue weighted by molar-refractivity contribution is 6.02. The van der Waals surface area contributed by atoms with Gasteiger partial charge in [0.05, 0.1) is 6.61 Å². The standard InChI is InChI=1S/C26H41N3O4/c30-16-23(18-4-2-1-3-5-18)28-12-10-17(11-13-28)19-6-7-21-20(14-19)15-29(26(21)33)22-8-9-24(31)27-25(22)32/h17-23,30H,1-16H2,(H,27,31,32)/t19?,20?,21?,22?,23-/m0/s1. The van der Waals surface area contributed by atoms with Gasteiger partial charge in [0.15, 0.2) is 0 Å². The van der Waals surface area contributed by atoms with E-state index in [1.807, 2.05) is 0 Å². The zero-order chi connectivity index (χ0) is 22.9. The number of nitrogens with one attached hydrogen (secondary N) is 1. The third-order valence-corrected chi connectivity index (χ3v) is 9.73. The maximum atomic E-state index is 13.1. The molecule has 2 N–H and O–H groups in total. The molecule has 184 valence electrons. The second kappa shape index (κ2) is 10.0. The molecule has 5 rings (SSSR count). The Morgan fingerprint density at radius 1 is 0.879 bits per heavy atom. The van der Waals surface area contributed by atoms with Crippen LogP contribution in [0, 0.1) is 29.6 Å². The first-order valence-electron chi connectivity index (χ1n) is 13.5. The number of hydrogen-bond acceptors (Lipinski definition) is 5. The van der Waals surface area contributed by atoms with Crippen LogP contribution in [0.25, 0.3) is 0 Å². The predicted molar refractivity (Wildman–Crippen MR) is 124 cm³/mol. The van der Waals surface area contributed by atoms with Crippen LogP contribution in [0.5, 0.6) is 0 Å². The van der Waals surface area contributed by atoms with Gasteiger partial charge >= 0.3 is 0 Å². The van der Waals surface area contributed by atoms with Gasteiger partial charge < -0.3 is 10.0 Å². The van der Waals surface area contributed by atoms with E-state index >= 15 is 0 Å². The molecular formula is C26H41N3O4. The fourth-order valence-corrected chi connectivity index (χ4v) is 7.88. The number of fused-ring (bicyclic) bond motifs is 1. The van der Waals surface area contributed by atoms with Gasteiger partial charge in [-0.05, 0) is 88.1 Å². The molecule has 5 atom stereocenters. The minimum Gasteiger partial charge on any atom is -0.395 e. The largest absolute Gasteiger partial charge is 0.395 e. The number of hydrogen-bond donors (Lipinski definition) is 2. The van der Waals surface area contributed by atoms with E-state index in [0.717, 1.165) is 32.4 Å². The first-order chi connectivity index (χ1) is 16.0. The van der Waals surface area contributed by atoms with Gasteiger partial charge in [0.25, 0.3) is 0 Å². The van der Waals surface area contributed by atoms with Crippen molar-refractivity contribution in [2.24, 2.45) is 29.6 Å². The number of aliphatic hydroxyl groups excluding tert-OH is 1. The molecule has 0 radical (unpaired) electrons. The summed E-state index contributed by atoms with van der Waals surface area (Å²) in [5.41, 5.74) is 0.